The van der Waals surface area contributed by atoms with Crippen molar-refractivity contribution in [1.29, 1.82) is 0 Å². The molecular formula is C24H24N2O6S2. The molecule has 3 fully saturated rings. The van der Waals surface area contributed by atoms with Crippen LogP contribution in [-0.4, -0.2) is 49.2 Å². The van der Waals surface area contributed by atoms with E-state index < -0.39 is 29.8 Å². The van der Waals surface area contributed by atoms with E-state index >= 15 is 0 Å². The van der Waals surface area contributed by atoms with Crippen molar-refractivity contribution in [2.24, 2.45) is 35.5 Å². The number of imide groups is 1. The molecule has 2 saturated carbocycles. The number of likely N-dealkylation sites (tertiary alicyclic amines) is 1. The Morgan fingerprint density at radius 2 is 1.79 bits per heavy atom. The molecule has 178 valence electrons. The summed E-state index contributed by atoms with van der Waals surface area (Å²) in [6, 6.07) is 5.91. The van der Waals surface area contributed by atoms with Gasteiger partial charge in [0.25, 0.3) is 0 Å². The molecule has 2 bridgehead atoms. The van der Waals surface area contributed by atoms with Gasteiger partial charge in [0.2, 0.25) is 11.8 Å². The van der Waals surface area contributed by atoms with Crippen LogP contribution < -0.4 is 4.87 Å². The van der Waals surface area contributed by atoms with Crippen LogP contribution in [0.2, 0.25) is 0 Å². The van der Waals surface area contributed by atoms with Crippen LogP contribution in [0, 0.1) is 35.5 Å². The van der Waals surface area contributed by atoms with Crippen LogP contribution in [0.25, 0.3) is 0 Å². The predicted octanol–water partition coefficient (Wildman–Crippen LogP) is 2.72. The van der Waals surface area contributed by atoms with E-state index in [-0.39, 0.29) is 51.4 Å². The third kappa shape index (κ3) is 2.78. The van der Waals surface area contributed by atoms with E-state index in [0.29, 0.717) is 6.42 Å². The van der Waals surface area contributed by atoms with E-state index in [0.717, 1.165) is 31.7 Å². The average Bonchev–Trinajstić information content (AvgIpc) is 3.49. The first-order valence-corrected chi connectivity index (χ1v) is 13.2. The van der Waals surface area contributed by atoms with Crippen molar-refractivity contribution in [3.63, 3.8) is 0 Å². The fourth-order valence-corrected chi connectivity index (χ4v) is 9.99. The fourth-order valence-electron chi connectivity index (χ4n) is 7.11. The molecule has 8 atom stereocenters. The SMILES string of the molecule is CC(C)[C@@H](C(=O)O)N1C(=O)[C@@H]2[C@@H]3C[C@H]([C@H]4Sc5[nH]c(=O)sc5[C@@H](c5ccccc5O)[C@H]34)[C@@H]2C1=O. The number of carbonyl (C=O) groups is 3. The van der Waals surface area contributed by atoms with Crippen molar-refractivity contribution in [2.75, 3.05) is 0 Å². The number of aromatic hydroxyl groups is 1. The summed E-state index contributed by atoms with van der Waals surface area (Å²) in [5.41, 5.74) is 0.720. The molecule has 3 heterocycles. The number of thiazole rings is 1. The molecule has 1 aromatic heterocycles. The molecule has 0 unspecified atom stereocenters. The van der Waals surface area contributed by atoms with Gasteiger partial charge < -0.3 is 15.2 Å². The third-order valence-corrected chi connectivity index (χ3v) is 10.8. The normalized spacial score (nSPS) is 34.3. The summed E-state index contributed by atoms with van der Waals surface area (Å²) in [6.45, 7) is 3.42. The molecular weight excluding hydrogens is 476 g/mol. The second-order valence-electron chi connectivity index (χ2n) is 10.1. The Labute approximate surface area is 203 Å². The van der Waals surface area contributed by atoms with Gasteiger partial charge in [0.1, 0.15) is 11.8 Å². The van der Waals surface area contributed by atoms with E-state index in [4.69, 9.17) is 0 Å². The summed E-state index contributed by atoms with van der Waals surface area (Å²) in [5.74, 6) is -3.75. The molecule has 2 amide bonds. The first-order chi connectivity index (χ1) is 16.2. The molecule has 6 rings (SSSR count). The molecule has 10 heteroatoms. The van der Waals surface area contributed by atoms with E-state index in [1.807, 2.05) is 12.1 Å². The van der Waals surface area contributed by atoms with Gasteiger partial charge in [0.15, 0.2) is 0 Å². The van der Waals surface area contributed by atoms with Crippen molar-refractivity contribution in [3.05, 3.63) is 44.4 Å². The second kappa shape index (κ2) is 7.45. The molecule has 2 aromatic rings. The van der Waals surface area contributed by atoms with Gasteiger partial charge in [-0.3, -0.25) is 19.3 Å². The summed E-state index contributed by atoms with van der Waals surface area (Å²) in [4.78, 5) is 56.0. The zero-order valence-corrected chi connectivity index (χ0v) is 20.1. The lowest BCUT2D eigenvalue weighted by Crippen LogP contribution is -2.49. The van der Waals surface area contributed by atoms with Gasteiger partial charge >= 0.3 is 10.8 Å². The maximum Gasteiger partial charge on any atom is 0.327 e. The number of thioether (sulfide) groups is 1. The summed E-state index contributed by atoms with van der Waals surface area (Å²) >= 11 is 2.70. The number of fused-ring (bicyclic) bond motifs is 9. The zero-order valence-electron chi connectivity index (χ0n) is 18.5. The van der Waals surface area contributed by atoms with Gasteiger partial charge in [0.05, 0.1) is 16.9 Å². The number of nitrogens with one attached hydrogen (secondary N) is 1. The highest BCUT2D eigenvalue weighted by Crippen LogP contribution is 2.69. The number of aliphatic carboxylic acids is 1. The van der Waals surface area contributed by atoms with Crippen LogP contribution in [0.1, 0.15) is 36.6 Å². The molecule has 1 saturated heterocycles. The van der Waals surface area contributed by atoms with Gasteiger partial charge in [-0.25, -0.2) is 4.79 Å². The lowest BCUT2D eigenvalue weighted by Gasteiger charge is -2.43. The third-order valence-electron chi connectivity index (χ3n) is 8.19. The Morgan fingerprint density at radius 3 is 2.44 bits per heavy atom. The molecule has 34 heavy (non-hydrogen) atoms. The molecule has 0 spiro atoms. The van der Waals surface area contributed by atoms with Crippen molar-refractivity contribution in [2.45, 2.75) is 42.5 Å². The summed E-state index contributed by atoms with van der Waals surface area (Å²) in [5, 5.41) is 21.3. The number of hydrogen-bond donors (Lipinski definition) is 3. The van der Waals surface area contributed by atoms with E-state index in [1.165, 1.54) is 0 Å². The summed E-state index contributed by atoms with van der Waals surface area (Å²) in [7, 11) is 0. The number of rotatable bonds is 4. The number of phenolic OH excluding ortho intramolecular Hbond substituents is 1. The van der Waals surface area contributed by atoms with Crippen molar-refractivity contribution < 1.29 is 24.6 Å². The molecule has 1 aromatic carbocycles. The van der Waals surface area contributed by atoms with Crippen molar-refractivity contribution in [3.8, 4) is 5.75 Å². The van der Waals surface area contributed by atoms with Gasteiger partial charge in [0, 0.05) is 21.6 Å². The van der Waals surface area contributed by atoms with Gasteiger partial charge in [-0.15, -0.1) is 11.8 Å². The van der Waals surface area contributed by atoms with Crippen molar-refractivity contribution in [1.82, 2.24) is 9.88 Å². The maximum atomic E-state index is 13.6. The standard InChI is InChI=1S/C24H24N2O6S2/c1-8(2)17(23(30)31)26-21(28)15-10-7-11(16(15)22(26)29)18-14(10)13(9-5-3-4-6-12(9)27)19-20(33-18)25-24(32)34-19/h3-6,8,10-11,13-18,27H,7H2,1-2H3,(H,25,32)(H,30,31)/t10-,11+,13+,14+,15-,16+,17+,18-/m1/s1. The highest BCUT2D eigenvalue weighted by Gasteiger charge is 2.70. The van der Waals surface area contributed by atoms with E-state index in [2.05, 4.69) is 4.98 Å². The molecule has 0 radical (unpaired) electrons. The fraction of sp³-hybridized carbons (Fsp3) is 0.500. The minimum absolute atomic E-state index is 0.00682. The minimum atomic E-state index is -1.17. The van der Waals surface area contributed by atoms with Crippen LogP contribution in [-0.2, 0) is 14.4 Å². The number of aromatic nitrogens is 1. The lowest BCUT2D eigenvalue weighted by atomic mass is 9.68. The highest BCUT2D eigenvalue weighted by atomic mass is 32.2. The Balaban J connectivity index is 1.46. The topological polar surface area (TPSA) is 128 Å². The Morgan fingerprint density at radius 1 is 1.12 bits per heavy atom. The average molecular weight is 501 g/mol. The summed E-state index contributed by atoms with van der Waals surface area (Å²) < 4.78 is 0. The number of phenols is 1. The number of hydrogen-bond acceptors (Lipinski definition) is 7. The number of carboxylic acid groups (broad SMARTS) is 1. The minimum Gasteiger partial charge on any atom is -0.508 e. The first kappa shape index (κ1) is 21.9. The molecule has 2 aliphatic carbocycles. The van der Waals surface area contributed by atoms with Crippen LogP contribution in [0.5, 0.6) is 5.75 Å². The van der Waals surface area contributed by atoms with Crippen LogP contribution >= 0.6 is 23.1 Å². The number of benzene rings is 1. The number of para-hydroxylation sites is 1. The maximum absolute atomic E-state index is 13.6. The van der Waals surface area contributed by atoms with Crippen molar-refractivity contribution >= 4 is 40.9 Å². The molecule has 8 nitrogen and oxygen atoms in total. The number of nitrogens with zero attached hydrogens (tertiary/aromatic N) is 1. The second-order valence-corrected chi connectivity index (χ2v) is 12.3. The zero-order chi connectivity index (χ0) is 24.0. The predicted molar refractivity (Wildman–Crippen MR) is 125 cm³/mol. The quantitative estimate of drug-likeness (QED) is 0.551. The monoisotopic (exact) mass is 500 g/mol. The van der Waals surface area contributed by atoms with Crippen LogP contribution in [0.4, 0.5) is 0 Å². The summed E-state index contributed by atoms with van der Waals surface area (Å²) in [6.07, 6.45) is 0.714. The smallest absolute Gasteiger partial charge is 0.327 e. The number of H-pyrrole nitrogens is 1. The van der Waals surface area contributed by atoms with Gasteiger partial charge in [-0.2, -0.15) is 0 Å². The van der Waals surface area contributed by atoms with Crippen LogP contribution in [0.3, 0.4) is 0 Å². The van der Waals surface area contributed by atoms with E-state index in [1.54, 1.807) is 37.7 Å². The Hall–Kier alpha value is -2.59. The number of carboxylic acids is 1. The highest BCUT2D eigenvalue weighted by molar-refractivity contribution is 8.00. The Bertz CT molecular complexity index is 1280. The molecule has 3 N–H and O–H groups in total. The Kier molecular flexibility index (Phi) is 4.80. The van der Waals surface area contributed by atoms with Gasteiger partial charge in [-0.1, -0.05) is 43.4 Å². The number of aromatic amines is 1. The largest absolute Gasteiger partial charge is 0.508 e. The van der Waals surface area contributed by atoms with E-state index in [9.17, 15) is 29.4 Å². The number of carbonyl (C=O) groups excluding carboxylic acids is 2. The van der Waals surface area contributed by atoms with Crippen LogP contribution in [0.15, 0.2) is 34.1 Å². The number of amides is 2. The first-order valence-electron chi connectivity index (χ1n) is 11.5. The lowest BCUT2D eigenvalue weighted by molar-refractivity contribution is -0.157. The van der Waals surface area contributed by atoms with Gasteiger partial charge in [-0.05, 0) is 36.2 Å². The molecule has 4 aliphatic rings. The molecule has 2 aliphatic heterocycles.